The van der Waals surface area contributed by atoms with E-state index < -0.39 is 5.41 Å². The summed E-state index contributed by atoms with van der Waals surface area (Å²) >= 11 is 0. The number of carbonyl (C=O) groups excluding carboxylic acids is 1. The molecular weight excluding hydrogens is 326 g/mol. The Morgan fingerprint density at radius 3 is 2.35 bits per heavy atom. The Kier molecular flexibility index (Phi) is 4.70. The van der Waals surface area contributed by atoms with Gasteiger partial charge < -0.3 is 15.2 Å². The lowest BCUT2D eigenvalue weighted by molar-refractivity contribution is -0.123. The Morgan fingerprint density at radius 2 is 1.81 bits per heavy atom. The normalized spacial score (nSPS) is 15.4. The molecule has 2 N–H and O–H groups in total. The monoisotopic (exact) mass is 353 g/mol. The first-order valence-electron chi connectivity index (χ1n) is 9.01. The number of methoxy groups -OCH3 is 1. The predicted molar refractivity (Wildman–Crippen MR) is 103 cm³/mol. The second-order valence-electron chi connectivity index (χ2n) is 8.10. The summed E-state index contributed by atoms with van der Waals surface area (Å²) in [7, 11) is 1.51. The first-order valence-corrected chi connectivity index (χ1v) is 9.01. The molecule has 0 bridgehead atoms. The molecule has 0 aromatic heterocycles. The van der Waals surface area contributed by atoms with E-state index in [1.54, 1.807) is 18.2 Å². The molecule has 0 aliphatic heterocycles. The van der Waals surface area contributed by atoms with Crippen LogP contribution in [0.25, 0.3) is 0 Å². The topological polar surface area (TPSA) is 58.6 Å². The summed E-state index contributed by atoms with van der Waals surface area (Å²) < 4.78 is 5.12. The Labute approximate surface area is 155 Å². The van der Waals surface area contributed by atoms with Crippen LogP contribution in [0.4, 0.5) is 0 Å². The Balaban J connectivity index is 1.69. The molecule has 0 atom stereocenters. The van der Waals surface area contributed by atoms with Gasteiger partial charge in [-0.05, 0) is 47.1 Å². The quantitative estimate of drug-likeness (QED) is 0.853. The standard InChI is InChI=1S/C22H27NO3/c1-21(2,3)16-6-8-17(9-7-16)22(11-12-22)20(25)23-14-15-5-10-18(24)19(13-15)26-4/h5-10,13,24H,11-12,14H2,1-4H3,(H,23,25). The lowest BCUT2D eigenvalue weighted by Crippen LogP contribution is -2.34. The summed E-state index contributed by atoms with van der Waals surface area (Å²) in [6.45, 7) is 6.98. The molecule has 3 rings (SSSR count). The number of nitrogens with one attached hydrogen (secondary N) is 1. The number of phenolic OH excluding ortho intramolecular Hbond substituents is 1. The van der Waals surface area contributed by atoms with E-state index >= 15 is 0 Å². The summed E-state index contributed by atoms with van der Waals surface area (Å²) in [4.78, 5) is 12.8. The number of aromatic hydroxyl groups is 1. The van der Waals surface area contributed by atoms with Crippen LogP contribution in [0.2, 0.25) is 0 Å². The molecule has 1 aliphatic rings. The van der Waals surface area contributed by atoms with Gasteiger partial charge in [0.15, 0.2) is 11.5 Å². The first-order chi connectivity index (χ1) is 12.3. The molecule has 4 nitrogen and oxygen atoms in total. The van der Waals surface area contributed by atoms with Crippen LogP contribution in [-0.2, 0) is 22.2 Å². The van der Waals surface area contributed by atoms with Gasteiger partial charge in [-0.15, -0.1) is 0 Å². The second-order valence-corrected chi connectivity index (χ2v) is 8.10. The third-order valence-corrected chi connectivity index (χ3v) is 5.19. The van der Waals surface area contributed by atoms with Gasteiger partial charge >= 0.3 is 0 Å². The Morgan fingerprint density at radius 1 is 1.15 bits per heavy atom. The zero-order valence-electron chi connectivity index (χ0n) is 15.9. The van der Waals surface area contributed by atoms with Crippen molar-refractivity contribution in [3.05, 3.63) is 59.2 Å². The minimum Gasteiger partial charge on any atom is -0.504 e. The molecule has 4 heteroatoms. The van der Waals surface area contributed by atoms with Crippen molar-refractivity contribution in [1.29, 1.82) is 0 Å². The highest BCUT2D eigenvalue weighted by molar-refractivity contribution is 5.91. The highest BCUT2D eigenvalue weighted by Crippen LogP contribution is 2.48. The smallest absolute Gasteiger partial charge is 0.230 e. The van der Waals surface area contributed by atoms with Gasteiger partial charge in [-0.1, -0.05) is 51.1 Å². The van der Waals surface area contributed by atoms with Crippen LogP contribution >= 0.6 is 0 Å². The summed E-state index contributed by atoms with van der Waals surface area (Å²) in [5, 5.41) is 12.7. The van der Waals surface area contributed by atoms with Crippen LogP contribution in [0.1, 0.15) is 50.3 Å². The molecule has 0 heterocycles. The third-order valence-electron chi connectivity index (χ3n) is 5.19. The van der Waals surface area contributed by atoms with Gasteiger partial charge in [-0.3, -0.25) is 4.79 Å². The van der Waals surface area contributed by atoms with Crippen LogP contribution in [0.5, 0.6) is 11.5 Å². The average Bonchev–Trinajstić information content (AvgIpc) is 3.42. The fourth-order valence-corrected chi connectivity index (χ4v) is 3.24. The maximum absolute atomic E-state index is 12.8. The number of amides is 1. The van der Waals surface area contributed by atoms with E-state index in [-0.39, 0.29) is 17.1 Å². The van der Waals surface area contributed by atoms with Gasteiger partial charge in [0.2, 0.25) is 5.91 Å². The molecule has 1 amide bonds. The van der Waals surface area contributed by atoms with Crippen molar-refractivity contribution in [3.8, 4) is 11.5 Å². The first kappa shape index (κ1) is 18.3. The second kappa shape index (κ2) is 6.67. The molecule has 1 aliphatic carbocycles. The van der Waals surface area contributed by atoms with Gasteiger partial charge in [0, 0.05) is 6.54 Å². The van der Waals surface area contributed by atoms with Crippen LogP contribution in [0, 0.1) is 0 Å². The number of ether oxygens (including phenoxy) is 1. The van der Waals surface area contributed by atoms with Crippen molar-refractivity contribution in [2.75, 3.05) is 7.11 Å². The van der Waals surface area contributed by atoms with Crippen molar-refractivity contribution in [1.82, 2.24) is 5.32 Å². The number of phenols is 1. The van der Waals surface area contributed by atoms with Gasteiger partial charge in [-0.2, -0.15) is 0 Å². The van der Waals surface area contributed by atoms with E-state index in [0.717, 1.165) is 24.0 Å². The fraction of sp³-hybridized carbons (Fsp3) is 0.409. The summed E-state index contributed by atoms with van der Waals surface area (Å²) in [5.74, 6) is 0.573. The molecular formula is C22H27NO3. The minimum absolute atomic E-state index is 0.0630. The van der Waals surface area contributed by atoms with E-state index in [9.17, 15) is 9.90 Å². The van der Waals surface area contributed by atoms with Gasteiger partial charge in [0.05, 0.1) is 12.5 Å². The maximum atomic E-state index is 12.8. The lowest BCUT2D eigenvalue weighted by atomic mass is 9.85. The number of hydrogen-bond donors (Lipinski definition) is 2. The van der Waals surface area contributed by atoms with Crippen molar-refractivity contribution in [2.45, 2.75) is 51.0 Å². The molecule has 0 radical (unpaired) electrons. The van der Waals surface area contributed by atoms with Gasteiger partial charge in [-0.25, -0.2) is 0 Å². The molecule has 2 aromatic rings. The summed E-state index contributed by atoms with van der Waals surface area (Å²) in [5.41, 5.74) is 2.97. The third kappa shape index (κ3) is 3.55. The largest absolute Gasteiger partial charge is 0.504 e. The van der Waals surface area contributed by atoms with E-state index in [0.29, 0.717) is 12.3 Å². The highest BCUT2D eigenvalue weighted by atomic mass is 16.5. The average molecular weight is 353 g/mol. The highest BCUT2D eigenvalue weighted by Gasteiger charge is 2.51. The van der Waals surface area contributed by atoms with Gasteiger partial charge in [0.25, 0.3) is 0 Å². The van der Waals surface area contributed by atoms with E-state index in [1.807, 2.05) is 0 Å². The zero-order valence-corrected chi connectivity index (χ0v) is 15.9. The van der Waals surface area contributed by atoms with Crippen molar-refractivity contribution in [2.24, 2.45) is 0 Å². The van der Waals surface area contributed by atoms with Crippen LogP contribution in [-0.4, -0.2) is 18.1 Å². The van der Waals surface area contributed by atoms with Crippen molar-refractivity contribution < 1.29 is 14.6 Å². The fourth-order valence-electron chi connectivity index (χ4n) is 3.24. The summed E-state index contributed by atoms with van der Waals surface area (Å²) in [6.07, 6.45) is 1.76. The lowest BCUT2D eigenvalue weighted by Gasteiger charge is -2.21. The van der Waals surface area contributed by atoms with E-state index in [1.165, 1.54) is 12.7 Å². The molecule has 0 saturated heterocycles. The van der Waals surface area contributed by atoms with E-state index in [2.05, 4.69) is 50.4 Å². The Hall–Kier alpha value is -2.49. The number of hydrogen-bond acceptors (Lipinski definition) is 3. The van der Waals surface area contributed by atoms with Gasteiger partial charge in [0.1, 0.15) is 0 Å². The molecule has 1 fully saturated rings. The minimum atomic E-state index is -0.391. The van der Waals surface area contributed by atoms with Crippen LogP contribution in [0.3, 0.4) is 0 Å². The molecule has 2 aromatic carbocycles. The van der Waals surface area contributed by atoms with Crippen molar-refractivity contribution in [3.63, 3.8) is 0 Å². The predicted octanol–water partition coefficient (Wildman–Crippen LogP) is 4.05. The molecule has 0 unspecified atom stereocenters. The summed E-state index contributed by atoms with van der Waals surface area (Å²) in [6, 6.07) is 13.6. The SMILES string of the molecule is COc1cc(CNC(=O)C2(c3ccc(C(C)(C)C)cc3)CC2)ccc1O. The maximum Gasteiger partial charge on any atom is 0.230 e. The Bertz CT molecular complexity index is 799. The molecule has 26 heavy (non-hydrogen) atoms. The zero-order chi connectivity index (χ0) is 18.9. The molecule has 0 spiro atoms. The van der Waals surface area contributed by atoms with Crippen LogP contribution in [0.15, 0.2) is 42.5 Å². The molecule has 138 valence electrons. The molecule has 1 saturated carbocycles. The van der Waals surface area contributed by atoms with Crippen molar-refractivity contribution >= 4 is 5.91 Å². The number of rotatable bonds is 5. The van der Waals surface area contributed by atoms with E-state index in [4.69, 9.17) is 4.74 Å². The van der Waals surface area contributed by atoms with Crippen LogP contribution < -0.4 is 10.1 Å². The number of benzene rings is 2. The number of carbonyl (C=O) groups is 1.